The SMILES string of the molecule is CC/C=C(/C)c1cccc(C)c1O. The number of phenols is 1. The molecule has 0 aliphatic carbocycles. The lowest BCUT2D eigenvalue weighted by molar-refractivity contribution is 0.469. The van der Waals surface area contributed by atoms with Crippen molar-refractivity contribution in [3.63, 3.8) is 0 Å². The zero-order valence-corrected chi connectivity index (χ0v) is 8.46. The van der Waals surface area contributed by atoms with Crippen LogP contribution in [0.1, 0.15) is 31.4 Å². The van der Waals surface area contributed by atoms with Crippen molar-refractivity contribution in [1.82, 2.24) is 0 Å². The van der Waals surface area contributed by atoms with Crippen molar-refractivity contribution in [2.24, 2.45) is 0 Å². The van der Waals surface area contributed by atoms with Crippen molar-refractivity contribution >= 4 is 5.57 Å². The molecule has 1 rings (SSSR count). The predicted molar refractivity (Wildman–Crippen MR) is 56.8 cm³/mol. The molecular formula is C12H16O. The maximum absolute atomic E-state index is 9.75. The van der Waals surface area contributed by atoms with Crippen molar-refractivity contribution < 1.29 is 5.11 Å². The first kappa shape index (κ1) is 9.85. The van der Waals surface area contributed by atoms with Gasteiger partial charge in [0, 0.05) is 5.56 Å². The highest BCUT2D eigenvalue weighted by Gasteiger charge is 2.03. The molecule has 0 spiro atoms. The van der Waals surface area contributed by atoms with Crippen molar-refractivity contribution in [2.45, 2.75) is 27.2 Å². The first-order chi connectivity index (χ1) is 6.16. The molecule has 0 aliphatic rings. The summed E-state index contributed by atoms with van der Waals surface area (Å²) in [5, 5.41) is 9.75. The van der Waals surface area contributed by atoms with Gasteiger partial charge < -0.3 is 5.11 Å². The summed E-state index contributed by atoms with van der Waals surface area (Å²) >= 11 is 0. The van der Waals surface area contributed by atoms with E-state index in [-0.39, 0.29) is 0 Å². The van der Waals surface area contributed by atoms with E-state index in [4.69, 9.17) is 0 Å². The number of hydrogen-bond donors (Lipinski definition) is 1. The minimum absolute atomic E-state index is 0.407. The van der Waals surface area contributed by atoms with Gasteiger partial charge in [0.05, 0.1) is 0 Å². The quantitative estimate of drug-likeness (QED) is 0.731. The normalized spacial score (nSPS) is 11.8. The molecule has 0 unspecified atom stereocenters. The zero-order valence-electron chi connectivity index (χ0n) is 8.46. The molecule has 0 fully saturated rings. The van der Waals surface area contributed by atoms with Crippen molar-refractivity contribution in [2.75, 3.05) is 0 Å². The van der Waals surface area contributed by atoms with Crippen LogP contribution < -0.4 is 0 Å². The van der Waals surface area contributed by atoms with Gasteiger partial charge in [0.25, 0.3) is 0 Å². The fraction of sp³-hybridized carbons (Fsp3) is 0.333. The minimum atomic E-state index is 0.407. The smallest absolute Gasteiger partial charge is 0.125 e. The van der Waals surface area contributed by atoms with Gasteiger partial charge in [-0.15, -0.1) is 0 Å². The first-order valence-electron chi connectivity index (χ1n) is 4.62. The summed E-state index contributed by atoms with van der Waals surface area (Å²) in [6.45, 7) is 6.03. The molecule has 1 heteroatoms. The second-order valence-corrected chi connectivity index (χ2v) is 3.27. The van der Waals surface area contributed by atoms with Crippen LogP contribution in [0.2, 0.25) is 0 Å². The van der Waals surface area contributed by atoms with Crippen LogP contribution in [0.4, 0.5) is 0 Å². The molecule has 1 N–H and O–H groups in total. The highest BCUT2D eigenvalue weighted by atomic mass is 16.3. The fourth-order valence-corrected chi connectivity index (χ4v) is 1.39. The van der Waals surface area contributed by atoms with Gasteiger partial charge in [-0.3, -0.25) is 0 Å². The standard InChI is InChI=1S/C12H16O/c1-4-6-9(2)11-8-5-7-10(3)12(11)13/h5-8,13H,4H2,1-3H3/b9-6-. The molecule has 70 valence electrons. The molecule has 0 aromatic heterocycles. The molecule has 0 radical (unpaired) electrons. The van der Waals surface area contributed by atoms with Crippen LogP contribution in [0.5, 0.6) is 5.75 Å². The molecule has 1 nitrogen and oxygen atoms in total. The average molecular weight is 176 g/mol. The molecule has 0 atom stereocenters. The van der Waals surface area contributed by atoms with Gasteiger partial charge in [-0.2, -0.15) is 0 Å². The van der Waals surface area contributed by atoms with E-state index >= 15 is 0 Å². The Balaban J connectivity index is 3.15. The average Bonchev–Trinajstić information content (AvgIpc) is 2.10. The van der Waals surface area contributed by atoms with E-state index in [0.717, 1.165) is 23.1 Å². The monoisotopic (exact) mass is 176 g/mol. The molecule has 0 saturated carbocycles. The van der Waals surface area contributed by atoms with Gasteiger partial charge >= 0.3 is 0 Å². The topological polar surface area (TPSA) is 20.2 Å². The summed E-state index contributed by atoms with van der Waals surface area (Å²) < 4.78 is 0. The van der Waals surface area contributed by atoms with E-state index in [2.05, 4.69) is 13.0 Å². The Hall–Kier alpha value is -1.24. The van der Waals surface area contributed by atoms with Gasteiger partial charge in [-0.1, -0.05) is 31.2 Å². The van der Waals surface area contributed by atoms with E-state index in [0.29, 0.717) is 5.75 Å². The lowest BCUT2D eigenvalue weighted by Crippen LogP contribution is -1.83. The third kappa shape index (κ3) is 2.11. The summed E-state index contributed by atoms with van der Waals surface area (Å²) in [7, 11) is 0. The van der Waals surface area contributed by atoms with E-state index in [9.17, 15) is 5.11 Å². The largest absolute Gasteiger partial charge is 0.507 e. The summed E-state index contributed by atoms with van der Waals surface area (Å²) in [5.74, 6) is 0.407. The lowest BCUT2D eigenvalue weighted by Gasteiger charge is -2.06. The number of hydrogen-bond acceptors (Lipinski definition) is 1. The van der Waals surface area contributed by atoms with E-state index in [1.165, 1.54) is 0 Å². The maximum atomic E-state index is 9.75. The fourth-order valence-electron chi connectivity index (χ4n) is 1.39. The van der Waals surface area contributed by atoms with Crippen LogP contribution in [-0.4, -0.2) is 5.11 Å². The van der Waals surface area contributed by atoms with Crippen LogP contribution in [0.3, 0.4) is 0 Å². The summed E-state index contributed by atoms with van der Waals surface area (Å²) in [6, 6.07) is 5.83. The number of aryl methyl sites for hydroxylation is 1. The maximum Gasteiger partial charge on any atom is 0.125 e. The highest BCUT2D eigenvalue weighted by molar-refractivity contribution is 5.69. The van der Waals surface area contributed by atoms with Crippen LogP contribution in [-0.2, 0) is 0 Å². The zero-order chi connectivity index (χ0) is 9.84. The Morgan fingerprint density at radius 2 is 2.15 bits per heavy atom. The van der Waals surface area contributed by atoms with E-state index < -0.39 is 0 Å². The molecule has 0 bridgehead atoms. The van der Waals surface area contributed by atoms with Crippen LogP contribution in [0, 0.1) is 6.92 Å². The number of aromatic hydroxyl groups is 1. The number of para-hydroxylation sites is 1. The van der Waals surface area contributed by atoms with Gasteiger partial charge in [-0.25, -0.2) is 0 Å². The molecule has 0 saturated heterocycles. The second kappa shape index (κ2) is 4.13. The number of benzene rings is 1. The van der Waals surface area contributed by atoms with Gasteiger partial charge in [0.15, 0.2) is 0 Å². The number of allylic oxidation sites excluding steroid dienone is 2. The van der Waals surface area contributed by atoms with Gasteiger partial charge in [0.2, 0.25) is 0 Å². The highest BCUT2D eigenvalue weighted by Crippen LogP contribution is 2.27. The Morgan fingerprint density at radius 3 is 2.77 bits per heavy atom. The Kier molecular flexibility index (Phi) is 3.13. The summed E-state index contributed by atoms with van der Waals surface area (Å²) in [4.78, 5) is 0. The van der Waals surface area contributed by atoms with Crippen molar-refractivity contribution in [3.8, 4) is 5.75 Å². The van der Waals surface area contributed by atoms with Crippen LogP contribution in [0.25, 0.3) is 5.57 Å². The molecule has 13 heavy (non-hydrogen) atoms. The third-order valence-corrected chi connectivity index (χ3v) is 2.17. The molecule has 0 amide bonds. The molecule has 0 aliphatic heterocycles. The van der Waals surface area contributed by atoms with Gasteiger partial charge in [-0.05, 0) is 31.4 Å². The van der Waals surface area contributed by atoms with Crippen molar-refractivity contribution in [3.05, 3.63) is 35.4 Å². The lowest BCUT2D eigenvalue weighted by atomic mass is 10.0. The molecule has 0 heterocycles. The van der Waals surface area contributed by atoms with E-state index in [1.807, 2.05) is 32.0 Å². The molecular weight excluding hydrogens is 160 g/mol. The molecule has 1 aromatic rings. The van der Waals surface area contributed by atoms with Gasteiger partial charge in [0.1, 0.15) is 5.75 Å². The predicted octanol–water partition coefficient (Wildman–Crippen LogP) is 3.51. The number of rotatable bonds is 2. The van der Waals surface area contributed by atoms with Crippen LogP contribution in [0.15, 0.2) is 24.3 Å². The minimum Gasteiger partial charge on any atom is -0.507 e. The van der Waals surface area contributed by atoms with Crippen LogP contribution >= 0.6 is 0 Å². The first-order valence-corrected chi connectivity index (χ1v) is 4.62. The van der Waals surface area contributed by atoms with Crippen molar-refractivity contribution in [1.29, 1.82) is 0 Å². The number of phenolic OH excluding ortho intramolecular Hbond substituents is 1. The summed E-state index contributed by atoms with van der Waals surface area (Å²) in [5.41, 5.74) is 3.02. The summed E-state index contributed by atoms with van der Waals surface area (Å²) in [6.07, 6.45) is 3.12. The molecule has 1 aromatic carbocycles. The second-order valence-electron chi connectivity index (χ2n) is 3.27. The van der Waals surface area contributed by atoms with E-state index in [1.54, 1.807) is 0 Å². The Bertz CT molecular complexity index is 324. The Labute approximate surface area is 79.7 Å². The Morgan fingerprint density at radius 1 is 1.46 bits per heavy atom. The third-order valence-electron chi connectivity index (χ3n) is 2.17.